The fourth-order valence-corrected chi connectivity index (χ4v) is 2.19. The van der Waals surface area contributed by atoms with E-state index in [0.717, 1.165) is 9.99 Å². The molecule has 0 radical (unpaired) electrons. The maximum absolute atomic E-state index is 12.0. The summed E-state index contributed by atoms with van der Waals surface area (Å²) >= 11 is 7.84. The van der Waals surface area contributed by atoms with E-state index in [1.54, 1.807) is 12.1 Å². The number of hydrogen-bond donors (Lipinski definition) is 2. The van der Waals surface area contributed by atoms with Crippen LogP contribution in [0.15, 0.2) is 18.2 Å². The van der Waals surface area contributed by atoms with Gasteiger partial charge in [0.2, 0.25) is 0 Å². The second kappa shape index (κ2) is 7.19. The van der Waals surface area contributed by atoms with Crippen LogP contribution in [0.5, 0.6) is 5.75 Å². The largest absolute Gasteiger partial charge is 0.507 e. The third-order valence-corrected chi connectivity index (χ3v) is 3.77. The Bertz CT molecular complexity index is 423. The molecule has 18 heavy (non-hydrogen) atoms. The summed E-state index contributed by atoms with van der Waals surface area (Å²) in [6.45, 7) is 4.17. The van der Waals surface area contributed by atoms with Gasteiger partial charge in [0, 0.05) is 17.5 Å². The lowest BCUT2D eigenvalue weighted by Gasteiger charge is -2.18. The molecule has 0 fully saturated rings. The summed E-state index contributed by atoms with van der Waals surface area (Å²) in [6.07, 6.45) is 0.839. The van der Waals surface area contributed by atoms with Crippen molar-refractivity contribution in [1.82, 2.24) is 5.32 Å². The lowest BCUT2D eigenvalue weighted by atomic mass is 10.0. The van der Waals surface area contributed by atoms with E-state index in [1.165, 1.54) is 6.07 Å². The second-order valence-corrected chi connectivity index (χ2v) is 6.09. The Morgan fingerprint density at radius 1 is 1.50 bits per heavy atom. The standard InChI is InChI=1S/C13H17ClINO2/c1-8(2)5-10(7-14)16-13(18)9-3-4-11(15)12(17)6-9/h3-4,6,8,10,17H,5,7H2,1-2H3,(H,16,18). The van der Waals surface area contributed by atoms with Crippen LogP contribution in [-0.4, -0.2) is 22.9 Å². The number of phenolic OH excluding ortho intramolecular Hbond substituents is 1. The van der Waals surface area contributed by atoms with Gasteiger partial charge in [-0.05, 0) is 53.1 Å². The average molecular weight is 382 g/mol. The number of carbonyl (C=O) groups is 1. The molecule has 1 amide bonds. The minimum Gasteiger partial charge on any atom is -0.507 e. The predicted octanol–water partition coefficient (Wildman–Crippen LogP) is 3.38. The van der Waals surface area contributed by atoms with Crippen LogP contribution in [0.4, 0.5) is 0 Å². The Morgan fingerprint density at radius 2 is 2.17 bits per heavy atom. The fraction of sp³-hybridized carbons (Fsp3) is 0.462. The third-order valence-electron chi connectivity index (χ3n) is 2.49. The number of alkyl halides is 1. The van der Waals surface area contributed by atoms with Crippen molar-refractivity contribution in [2.75, 3.05) is 5.88 Å². The Kier molecular flexibility index (Phi) is 6.21. The van der Waals surface area contributed by atoms with E-state index in [4.69, 9.17) is 11.6 Å². The Morgan fingerprint density at radius 3 is 2.67 bits per heavy atom. The number of carbonyl (C=O) groups excluding carboxylic acids is 1. The zero-order valence-corrected chi connectivity index (χ0v) is 13.3. The van der Waals surface area contributed by atoms with Crippen LogP contribution in [0.3, 0.4) is 0 Å². The SMILES string of the molecule is CC(C)CC(CCl)NC(=O)c1ccc(I)c(O)c1. The molecule has 2 N–H and O–H groups in total. The number of aromatic hydroxyl groups is 1. The average Bonchev–Trinajstić information content (AvgIpc) is 2.31. The summed E-state index contributed by atoms with van der Waals surface area (Å²) in [5.41, 5.74) is 0.451. The van der Waals surface area contributed by atoms with E-state index < -0.39 is 0 Å². The van der Waals surface area contributed by atoms with Crippen molar-refractivity contribution >= 4 is 40.1 Å². The predicted molar refractivity (Wildman–Crippen MR) is 82.3 cm³/mol. The summed E-state index contributed by atoms with van der Waals surface area (Å²) in [4.78, 5) is 12.0. The van der Waals surface area contributed by atoms with E-state index in [9.17, 15) is 9.90 Å². The quantitative estimate of drug-likeness (QED) is 0.607. The summed E-state index contributed by atoms with van der Waals surface area (Å²) in [5.74, 6) is 0.780. The molecule has 0 heterocycles. The van der Waals surface area contributed by atoms with Gasteiger partial charge in [0.1, 0.15) is 5.75 Å². The molecular formula is C13H17ClINO2. The van der Waals surface area contributed by atoms with Crippen molar-refractivity contribution in [1.29, 1.82) is 0 Å². The van der Waals surface area contributed by atoms with Crippen LogP contribution in [-0.2, 0) is 0 Å². The molecule has 0 saturated heterocycles. The monoisotopic (exact) mass is 381 g/mol. The number of benzene rings is 1. The maximum atomic E-state index is 12.0. The zero-order valence-electron chi connectivity index (χ0n) is 10.4. The lowest BCUT2D eigenvalue weighted by molar-refractivity contribution is 0.0936. The molecule has 1 rings (SSSR count). The molecule has 5 heteroatoms. The van der Waals surface area contributed by atoms with E-state index in [1.807, 2.05) is 22.6 Å². The lowest BCUT2D eigenvalue weighted by Crippen LogP contribution is -2.37. The van der Waals surface area contributed by atoms with Crippen LogP contribution in [0.25, 0.3) is 0 Å². The highest BCUT2D eigenvalue weighted by Crippen LogP contribution is 2.20. The first-order valence-corrected chi connectivity index (χ1v) is 7.40. The normalized spacial score (nSPS) is 12.5. The van der Waals surface area contributed by atoms with Gasteiger partial charge in [-0.2, -0.15) is 0 Å². The molecule has 0 bridgehead atoms. The van der Waals surface area contributed by atoms with Gasteiger partial charge in [0.15, 0.2) is 0 Å². The van der Waals surface area contributed by atoms with Gasteiger partial charge in [0.05, 0.1) is 3.57 Å². The van der Waals surface area contributed by atoms with Gasteiger partial charge in [-0.25, -0.2) is 0 Å². The summed E-state index contributed by atoms with van der Waals surface area (Å²) in [6, 6.07) is 4.83. The molecule has 0 saturated carbocycles. The Labute approximate surface area is 126 Å². The van der Waals surface area contributed by atoms with Crippen molar-refractivity contribution < 1.29 is 9.90 Å². The summed E-state index contributed by atoms with van der Waals surface area (Å²) in [5, 5.41) is 12.4. The summed E-state index contributed by atoms with van der Waals surface area (Å²) < 4.78 is 0.722. The van der Waals surface area contributed by atoms with Gasteiger partial charge in [-0.3, -0.25) is 4.79 Å². The number of hydrogen-bond acceptors (Lipinski definition) is 2. The first-order chi connectivity index (χ1) is 8.43. The zero-order chi connectivity index (χ0) is 13.7. The van der Waals surface area contributed by atoms with Crippen LogP contribution in [0.2, 0.25) is 0 Å². The number of nitrogens with one attached hydrogen (secondary N) is 1. The van der Waals surface area contributed by atoms with Gasteiger partial charge >= 0.3 is 0 Å². The van der Waals surface area contributed by atoms with Gasteiger partial charge < -0.3 is 10.4 Å². The van der Waals surface area contributed by atoms with Crippen LogP contribution in [0, 0.1) is 9.49 Å². The van der Waals surface area contributed by atoms with Gasteiger partial charge in [-0.1, -0.05) is 13.8 Å². The minimum absolute atomic E-state index is 0.0411. The molecule has 1 atom stereocenters. The molecule has 0 aliphatic rings. The van der Waals surface area contributed by atoms with E-state index >= 15 is 0 Å². The number of phenols is 1. The molecule has 1 aromatic carbocycles. The van der Waals surface area contributed by atoms with E-state index in [-0.39, 0.29) is 17.7 Å². The third kappa shape index (κ3) is 4.65. The Hall–Kier alpha value is -0.490. The smallest absolute Gasteiger partial charge is 0.251 e. The molecule has 0 aliphatic carbocycles. The van der Waals surface area contributed by atoms with Crippen LogP contribution < -0.4 is 5.32 Å². The van der Waals surface area contributed by atoms with E-state index in [2.05, 4.69) is 19.2 Å². The first kappa shape index (κ1) is 15.6. The van der Waals surface area contributed by atoms with Gasteiger partial charge in [-0.15, -0.1) is 11.6 Å². The topological polar surface area (TPSA) is 49.3 Å². The second-order valence-electron chi connectivity index (χ2n) is 4.62. The summed E-state index contributed by atoms with van der Waals surface area (Å²) in [7, 11) is 0. The highest BCUT2D eigenvalue weighted by Gasteiger charge is 2.15. The highest BCUT2D eigenvalue weighted by molar-refractivity contribution is 14.1. The molecular weight excluding hydrogens is 365 g/mol. The molecule has 0 spiro atoms. The molecule has 0 aliphatic heterocycles. The number of rotatable bonds is 5. The first-order valence-electron chi connectivity index (χ1n) is 5.79. The van der Waals surface area contributed by atoms with Gasteiger partial charge in [0.25, 0.3) is 5.91 Å². The van der Waals surface area contributed by atoms with E-state index in [0.29, 0.717) is 17.4 Å². The fourth-order valence-electron chi connectivity index (χ4n) is 1.65. The van der Waals surface area contributed by atoms with Crippen molar-refractivity contribution in [3.63, 3.8) is 0 Å². The number of halogens is 2. The molecule has 1 unspecified atom stereocenters. The molecule has 100 valence electrons. The Balaban J connectivity index is 2.71. The molecule has 1 aromatic rings. The molecule has 0 aromatic heterocycles. The number of amides is 1. The van der Waals surface area contributed by atoms with Crippen molar-refractivity contribution in [3.8, 4) is 5.75 Å². The van der Waals surface area contributed by atoms with Crippen molar-refractivity contribution in [2.24, 2.45) is 5.92 Å². The van der Waals surface area contributed by atoms with Crippen molar-refractivity contribution in [2.45, 2.75) is 26.3 Å². The highest BCUT2D eigenvalue weighted by atomic mass is 127. The van der Waals surface area contributed by atoms with Crippen LogP contribution in [0.1, 0.15) is 30.6 Å². The maximum Gasteiger partial charge on any atom is 0.251 e. The van der Waals surface area contributed by atoms with Crippen LogP contribution >= 0.6 is 34.2 Å². The minimum atomic E-state index is -0.201. The van der Waals surface area contributed by atoms with Crippen molar-refractivity contribution in [3.05, 3.63) is 27.3 Å². The molecule has 3 nitrogen and oxygen atoms in total.